The molecule has 0 spiro atoms. The fraction of sp³-hybridized carbons (Fsp3) is 0.600. The first kappa shape index (κ1) is 21.9. The summed E-state index contributed by atoms with van der Waals surface area (Å²) < 4.78 is 0.947. The number of likely N-dealkylation sites (N-methyl/N-ethyl adjacent to an activating group) is 1. The van der Waals surface area contributed by atoms with Gasteiger partial charge >= 0.3 is 0 Å². The van der Waals surface area contributed by atoms with Crippen LogP contribution in [0.15, 0.2) is 28.7 Å². The lowest BCUT2D eigenvalue weighted by molar-refractivity contribution is -0.131. The van der Waals surface area contributed by atoms with Gasteiger partial charge in [-0.15, -0.1) is 0 Å². The summed E-state index contributed by atoms with van der Waals surface area (Å²) in [7, 11) is 0. The molecular weight excluding hydrogens is 408 g/mol. The number of carbonyl (C=O) groups excluding carboxylic acids is 2. The van der Waals surface area contributed by atoms with Gasteiger partial charge in [-0.05, 0) is 37.4 Å². The van der Waals surface area contributed by atoms with E-state index in [1.807, 2.05) is 34.1 Å². The van der Waals surface area contributed by atoms with E-state index < -0.39 is 0 Å². The molecule has 0 bridgehead atoms. The first-order chi connectivity index (χ1) is 13.0. The van der Waals surface area contributed by atoms with Crippen molar-refractivity contribution in [3.8, 4) is 0 Å². The number of amides is 2. The van der Waals surface area contributed by atoms with E-state index in [4.69, 9.17) is 0 Å². The van der Waals surface area contributed by atoms with Crippen molar-refractivity contribution in [3.05, 3.63) is 34.3 Å². The minimum atomic E-state index is -0.0113. The van der Waals surface area contributed by atoms with Gasteiger partial charge in [-0.3, -0.25) is 9.59 Å². The Kier molecular flexibility index (Phi) is 9.24. The lowest BCUT2D eigenvalue weighted by atomic mass is 10.2. The van der Waals surface area contributed by atoms with Crippen molar-refractivity contribution >= 4 is 27.7 Å². The van der Waals surface area contributed by atoms with Gasteiger partial charge < -0.3 is 20.0 Å². The number of hydrogen-bond acceptors (Lipinski definition) is 4. The Morgan fingerprint density at radius 1 is 1.04 bits per heavy atom. The molecule has 27 heavy (non-hydrogen) atoms. The van der Waals surface area contributed by atoms with Gasteiger partial charge in [0, 0.05) is 62.3 Å². The molecule has 1 aromatic rings. The second kappa shape index (κ2) is 11.4. The zero-order valence-corrected chi connectivity index (χ0v) is 18.0. The van der Waals surface area contributed by atoms with Crippen molar-refractivity contribution in [2.75, 3.05) is 58.9 Å². The Labute approximate surface area is 171 Å². The number of nitrogens with zero attached hydrogens (tertiary/aromatic N) is 3. The van der Waals surface area contributed by atoms with E-state index in [0.717, 1.165) is 50.3 Å². The van der Waals surface area contributed by atoms with Crippen LogP contribution in [0.3, 0.4) is 0 Å². The highest BCUT2D eigenvalue weighted by atomic mass is 79.9. The van der Waals surface area contributed by atoms with Crippen LogP contribution < -0.4 is 5.32 Å². The highest BCUT2D eigenvalue weighted by molar-refractivity contribution is 9.10. The summed E-state index contributed by atoms with van der Waals surface area (Å²) in [5, 5.41) is 3.26. The highest BCUT2D eigenvalue weighted by Gasteiger charge is 2.21. The van der Waals surface area contributed by atoms with Crippen LogP contribution in [0.5, 0.6) is 0 Å². The van der Waals surface area contributed by atoms with Crippen molar-refractivity contribution in [3.63, 3.8) is 0 Å². The van der Waals surface area contributed by atoms with E-state index >= 15 is 0 Å². The minimum absolute atomic E-state index is 0.0113. The number of nitrogens with one attached hydrogen (secondary N) is 1. The normalized spacial score (nSPS) is 14.4. The first-order valence-corrected chi connectivity index (χ1v) is 10.6. The molecule has 0 radical (unpaired) electrons. The van der Waals surface area contributed by atoms with E-state index in [2.05, 4.69) is 40.0 Å². The Hall–Kier alpha value is -1.44. The topological polar surface area (TPSA) is 55.9 Å². The van der Waals surface area contributed by atoms with Gasteiger partial charge in [0.2, 0.25) is 5.91 Å². The van der Waals surface area contributed by atoms with Crippen molar-refractivity contribution in [1.82, 2.24) is 20.0 Å². The molecule has 1 aromatic carbocycles. The lowest BCUT2D eigenvalue weighted by Crippen LogP contribution is -2.47. The molecule has 7 heteroatoms. The maximum absolute atomic E-state index is 13.0. The zero-order valence-electron chi connectivity index (χ0n) is 16.4. The predicted octanol–water partition coefficient (Wildman–Crippen LogP) is 2.06. The predicted molar refractivity (Wildman–Crippen MR) is 112 cm³/mol. The molecule has 1 aliphatic rings. The molecule has 0 unspecified atom stereocenters. The van der Waals surface area contributed by atoms with Crippen LogP contribution in [-0.4, -0.2) is 85.4 Å². The third-order valence-corrected chi connectivity index (χ3v) is 5.55. The average Bonchev–Trinajstić information content (AvgIpc) is 2.71. The van der Waals surface area contributed by atoms with Crippen molar-refractivity contribution in [2.24, 2.45) is 0 Å². The van der Waals surface area contributed by atoms with Gasteiger partial charge in [0.05, 0.1) is 0 Å². The summed E-state index contributed by atoms with van der Waals surface area (Å²) in [5.41, 5.74) is 0.660. The molecule has 6 nitrogen and oxygen atoms in total. The standard InChI is InChI=1S/C20H31BrN4O2/c1-3-23(4-2)15-16-25(20(27)17-5-7-18(21)8-6-17)12-9-19(26)24-13-10-22-11-14-24/h5-8,22H,3-4,9-16H2,1-2H3. The molecular formula is C20H31BrN4O2. The van der Waals surface area contributed by atoms with Gasteiger partial charge in [-0.25, -0.2) is 0 Å². The third-order valence-electron chi connectivity index (χ3n) is 5.02. The molecule has 150 valence electrons. The molecule has 0 saturated carbocycles. The fourth-order valence-electron chi connectivity index (χ4n) is 3.19. The molecule has 1 saturated heterocycles. The van der Waals surface area contributed by atoms with Gasteiger partial charge in [-0.2, -0.15) is 0 Å². The largest absolute Gasteiger partial charge is 0.340 e. The Balaban J connectivity index is 2.00. The van der Waals surface area contributed by atoms with Crippen LogP contribution in [0, 0.1) is 0 Å². The summed E-state index contributed by atoms with van der Waals surface area (Å²) in [5.74, 6) is 0.121. The smallest absolute Gasteiger partial charge is 0.253 e. The summed E-state index contributed by atoms with van der Waals surface area (Å²) in [6, 6.07) is 7.41. The van der Waals surface area contributed by atoms with Crippen LogP contribution in [-0.2, 0) is 4.79 Å². The lowest BCUT2D eigenvalue weighted by Gasteiger charge is -2.30. The van der Waals surface area contributed by atoms with Crippen LogP contribution in [0.25, 0.3) is 0 Å². The SMILES string of the molecule is CCN(CC)CCN(CCC(=O)N1CCNCC1)C(=O)c1ccc(Br)cc1. The average molecular weight is 439 g/mol. The number of benzene rings is 1. The van der Waals surface area contributed by atoms with Gasteiger partial charge in [0.1, 0.15) is 0 Å². The molecule has 2 amide bonds. The summed E-state index contributed by atoms with van der Waals surface area (Å²) >= 11 is 3.41. The molecule has 1 N–H and O–H groups in total. The number of piperazine rings is 1. The third kappa shape index (κ3) is 6.90. The van der Waals surface area contributed by atoms with E-state index in [9.17, 15) is 9.59 Å². The van der Waals surface area contributed by atoms with Gasteiger partial charge in [0.25, 0.3) is 5.91 Å². The number of rotatable bonds is 9. The Morgan fingerprint density at radius 2 is 1.67 bits per heavy atom. The highest BCUT2D eigenvalue weighted by Crippen LogP contribution is 2.13. The monoisotopic (exact) mass is 438 g/mol. The molecule has 0 aromatic heterocycles. The Morgan fingerprint density at radius 3 is 2.26 bits per heavy atom. The summed E-state index contributed by atoms with van der Waals surface area (Å²) in [6.45, 7) is 11.2. The summed E-state index contributed by atoms with van der Waals surface area (Å²) in [4.78, 5) is 31.5. The number of hydrogen-bond donors (Lipinski definition) is 1. The zero-order chi connectivity index (χ0) is 19.6. The number of halogens is 1. The van der Waals surface area contributed by atoms with E-state index in [1.54, 1.807) is 0 Å². The minimum Gasteiger partial charge on any atom is -0.340 e. The molecule has 0 atom stereocenters. The fourth-order valence-corrected chi connectivity index (χ4v) is 3.46. The molecule has 0 aliphatic carbocycles. The first-order valence-electron chi connectivity index (χ1n) is 9.80. The van der Waals surface area contributed by atoms with Crippen molar-refractivity contribution < 1.29 is 9.59 Å². The van der Waals surface area contributed by atoms with Crippen LogP contribution in [0.2, 0.25) is 0 Å². The van der Waals surface area contributed by atoms with Gasteiger partial charge in [0.15, 0.2) is 0 Å². The second-order valence-electron chi connectivity index (χ2n) is 6.71. The van der Waals surface area contributed by atoms with Crippen LogP contribution in [0.4, 0.5) is 0 Å². The van der Waals surface area contributed by atoms with Crippen molar-refractivity contribution in [1.29, 1.82) is 0 Å². The molecule has 1 fully saturated rings. The number of carbonyl (C=O) groups is 2. The quantitative estimate of drug-likeness (QED) is 0.640. The molecule has 1 heterocycles. The van der Waals surface area contributed by atoms with E-state index in [-0.39, 0.29) is 11.8 Å². The van der Waals surface area contributed by atoms with E-state index in [1.165, 1.54) is 0 Å². The maximum Gasteiger partial charge on any atom is 0.253 e. The van der Waals surface area contributed by atoms with E-state index in [0.29, 0.717) is 25.1 Å². The summed E-state index contributed by atoms with van der Waals surface area (Å²) in [6.07, 6.45) is 0.376. The molecule has 1 aliphatic heterocycles. The second-order valence-corrected chi connectivity index (χ2v) is 7.62. The molecule has 2 rings (SSSR count). The van der Waals surface area contributed by atoms with Crippen molar-refractivity contribution in [2.45, 2.75) is 20.3 Å². The van der Waals surface area contributed by atoms with Crippen LogP contribution in [0.1, 0.15) is 30.6 Å². The maximum atomic E-state index is 13.0. The Bertz CT molecular complexity index is 599. The van der Waals surface area contributed by atoms with Crippen LogP contribution >= 0.6 is 15.9 Å². The van der Waals surface area contributed by atoms with Gasteiger partial charge in [-0.1, -0.05) is 29.8 Å².